The van der Waals surface area contributed by atoms with Crippen LogP contribution in [0.1, 0.15) is 13.3 Å². The molecule has 0 atom stereocenters. The Morgan fingerprint density at radius 1 is 1.56 bits per heavy atom. The van der Waals surface area contributed by atoms with Gasteiger partial charge in [0.25, 0.3) is 0 Å². The Balaban J connectivity index is 2.83. The second kappa shape index (κ2) is 5.79. The monoisotopic (exact) mass is 130 g/mol. The number of hydrogen-bond donors (Lipinski definition) is 1. The lowest BCUT2D eigenvalue weighted by Crippen LogP contribution is -2.00. The van der Waals surface area contributed by atoms with Crippen LogP contribution in [-0.4, -0.2) is 24.9 Å². The lowest BCUT2D eigenvalue weighted by atomic mass is 10.3. The van der Waals surface area contributed by atoms with Gasteiger partial charge in [0.2, 0.25) is 0 Å². The second-order valence-electron chi connectivity index (χ2n) is 2.04. The van der Waals surface area contributed by atoms with E-state index in [2.05, 4.69) is 6.58 Å². The van der Waals surface area contributed by atoms with Crippen LogP contribution < -0.4 is 0 Å². The van der Waals surface area contributed by atoms with Gasteiger partial charge in [-0.05, 0) is 13.3 Å². The molecule has 54 valence electrons. The molecule has 0 radical (unpaired) electrons. The smallest absolute Gasteiger partial charge is 0.0697 e. The van der Waals surface area contributed by atoms with E-state index in [1.54, 1.807) is 0 Å². The van der Waals surface area contributed by atoms with Crippen LogP contribution in [0, 0.1) is 0 Å². The van der Waals surface area contributed by atoms with E-state index < -0.39 is 0 Å². The largest absolute Gasteiger partial charge is 0.394 e. The van der Waals surface area contributed by atoms with Crippen molar-refractivity contribution < 1.29 is 9.84 Å². The standard InChI is InChI=1S/C7H14O2/c1-7(2)3-5-9-6-4-8/h8H,1,3-6H2,2H3. The molecule has 0 aliphatic rings. The van der Waals surface area contributed by atoms with Crippen molar-refractivity contribution in [2.45, 2.75) is 13.3 Å². The van der Waals surface area contributed by atoms with E-state index in [4.69, 9.17) is 9.84 Å². The lowest BCUT2D eigenvalue weighted by molar-refractivity contribution is 0.0945. The van der Waals surface area contributed by atoms with Crippen molar-refractivity contribution in [2.75, 3.05) is 19.8 Å². The van der Waals surface area contributed by atoms with Crippen molar-refractivity contribution in [3.05, 3.63) is 12.2 Å². The van der Waals surface area contributed by atoms with E-state index in [0.717, 1.165) is 12.0 Å². The van der Waals surface area contributed by atoms with Gasteiger partial charge in [-0.15, -0.1) is 6.58 Å². The van der Waals surface area contributed by atoms with Crippen LogP contribution in [0.2, 0.25) is 0 Å². The summed E-state index contributed by atoms with van der Waals surface area (Å²) in [6.45, 7) is 6.89. The van der Waals surface area contributed by atoms with Crippen LogP contribution in [0.3, 0.4) is 0 Å². The molecular weight excluding hydrogens is 116 g/mol. The maximum atomic E-state index is 8.28. The van der Waals surface area contributed by atoms with Gasteiger partial charge in [-0.2, -0.15) is 0 Å². The Labute approximate surface area is 56.1 Å². The quantitative estimate of drug-likeness (QED) is 0.443. The van der Waals surface area contributed by atoms with Crippen LogP contribution in [-0.2, 0) is 4.74 Å². The van der Waals surface area contributed by atoms with E-state index in [-0.39, 0.29) is 6.61 Å². The summed E-state index contributed by atoms with van der Waals surface area (Å²) < 4.78 is 4.98. The van der Waals surface area contributed by atoms with E-state index in [0.29, 0.717) is 13.2 Å². The normalized spacial score (nSPS) is 9.56. The van der Waals surface area contributed by atoms with Crippen molar-refractivity contribution in [2.24, 2.45) is 0 Å². The molecule has 0 bridgehead atoms. The average Bonchev–Trinajstić information content (AvgIpc) is 1.80. The fourth-order valence-electron chi connectivity index (χ4n) is 0.413. The molecule has 0 aliphatic heterocycles. The van der Waals surface area contributed by atoms with Crippen molar-refractivity contribution in [1.82, 2.24) is 0 Å². The molecule has 0 spiro atoms. The van der Waals surface area contributed by atoms with E-state index in [1.807, 2.05) is 6.92 Å². The molecule has 0 amide bonds. The summed E-state index contributed by atoms with van der Waals surface area (Å²) in [4.78, 5) is 0. The Bertz CT molecular complexity index is 79.0. The molecule has 0 aromatic heterocycles. The zero-order valence-electron chi connectivity index (χ0n) is 5.89. The molecule has 1 N–H and O–H groups in total. The van der Waals surface area contributed by atoms with Gasteiger partial charge in [0.05, 0.1) is 19.8 Å². The summed E-state index contributed by atoms with van der Waals surface area (Å²) in [7, 11) is 0. The molecular formula is C7H14O2. The molecule has 0 aromatic carbocycles. The summed E-state index contributed by atoms with van der Waals surface area (Å²) in [6, 6.07) is 0. The third-order valence-corrected chi connectivity index (χ3v) is 0.909. The highest BCUT2D eigenvalue weighted by atomic mass is 16.5. The topological polar surface area (TPSA) is 29.5 Å². The van der Waals surface area contributed by atoms with Crippen LogP contribution in [0.4, 0.5) is 0 Å². The molecule has 2 heteroatoms. The Morgan fingerprint density at radius 3 is 2.67 bits per heavy atom. The predicted molar refractivity (Wildman–Crippen MR) is 37.3 cm³/mol. The fourth-order valence-corrected chi connectivity index (χ4v) is 0.413. The molecule has 0 saturated carbocycles. The zero-order chi connectivity index (χ0) is 7.11. The molecule has 0 rings (SSSR count). The second-order valence-corrected chi connectivity index (χ2v) is 2.04. The van der Waals surface area contributed by atoms with E-state index in [1.165, 1.54) is 0 Å². The predicted octanol–water partition coefficient (Wildman–Crippen LogP) is 0.962. The third-order valence-electron chi connectivity index (χ3n) is 0.909. The van der Waals surface area contributed by atoms with Gasteiger partial charge in [0, 0.05) is 0 Å². The minimum atomic E-state index is 0.107. The highest BCUT2D eigenvalue weighted by Gasteiger charge is 1.86. The van der Waals surface area contributed by atoms with Crippen molar-refractivity contribution >= 4 is 0 Å². The first-order valence-corrected chi connectivity index (χ1v) is 3.10. The average molecular weight is 130 g/mol. The summed E-state index contributed by atoms with van der Waals surface area (Å²) in [5.74, 6) is 0. The van der Waals surface area contributed by atoms with Gasteiger partial charge in [0.1, 0.15) is 0 Å². The minimum Gasteiger partial charge on any atom is -0.394 e. The van der Waals surface area contributed by atoms with Crippen LogP contribution >= 0.6 is 0 Å². The first-order chi connectivity index (χ1) is 4.27. The van der Waals surface area contributed by atoms with Crippen molar-refractivity contribution in [3.8, 4) is 0 Å². The van der Waals surface area contributed by atoms with Gasteiger partial charge in [-0.3, -0.25) is 0 Å². The molecule has 0 fully saturated rings. The number of rotatable bonds is 5. The molecule has 0 heterocycles. The Hall–Kier alpha value is -0.340. The van der Waals surface area contributed by atoms with Crippen molar-refractivity contribution in [1.29, 1.82) is 0 Å². The number of ether oxygens (including phenoxy) is 1. The maximum absolute atomic E-state index is 8.28. The maximum Gasteiger partial charge on any atom is 0.0697 e. The summed E-state index contributed by atoms with van der Waals surface area (Å²) in [6.07, 6.45) is 0.889. The molecule has 0 aromatic rings. The third kappa shape index (κ3) is 7.66. The molecule has 0 unspecified atom stereocenters. The van der Waals surface area contributed by atoms with E-state index >= 15 is 0 Å². The van der Waals surface area contributed by atoms with Crippen LogP contribution in [0.5, 0.6) is 0 Å². The van der Waals surface area contributed by atoms with Gasteiger partial charge in [0.15, 0.2) is 0 Å². The first-order valence-electron chi connectivity index (χ1n) is 3.10. The van der Waals surface area contributed by atoms with Gasteiger partial charge >= 0.3 is 0 Å². The van der Waals surface area contributed by atoms with Crippen LogP contribution in [0.15, 0.2) is 12.2 Å². The minimum absolute atomic E-state index is 0.107. The SMILES string of the molecule is C=C(C)CCOCCO. The fraction of sp³-hybridized carbons (Fsp3) is 0.714. The first kappa shape index (κ1) is 8.66. The Morgan fingerprint density at radius 2 is 2.22 bits per heavy atom. The van der Waals surface area contributed by atoms with Crippen molar-refractivity contribution in [3.63, 3.8) is 0 Å². The molecule has 9 heavy (non-hydrogen) atoms. The van der Waals surface area contributed by atoms with Gasteiger partial charge in [-0.1, -0.05) is 5.57 Å². The lowest BCUT2D eigenvalue weighted by Gasteiger charge is -1.99. The number of hydrogen-bond acceptors (Lipinski definition) is 2. The van der Waals surface area contributed by atoms with E-state index in [9.17, 15) is 0 Å². The molecule has 2 nitrogen and oxygen atoms in total. The summed E-state index contributed by atoms with van der Waals surface area (Å²) >= 11 is 0. The van der Waals surface area contributed by atoms with Gasteiger partial charge in [-0.25, -0.2) is 0 Å². The highest BCUT2D eigenvalue weighted by molar-refractivity contribution is 4.86. The zero-order valence-corrected chi connectivity index (χ0v) is 5.89. The summed E-state index contributed by atoms with van der Waals surface area (Å²) in [5.41, 5.74) is 1.12. The summed E-state index contributed by atoms with van der Waals surface area (Å²) in [5, 5.41) is 8.28. The molecule has 0 saturated heterocycles. The molecule has 0 aliphatic carbocycles. The van der Waals surface area contributed by atoms with Crippen LogP contribution in [0.25, 0.3) is 0 Å². The van der Waals surface area contributed by atoms with Gasteiger partial charge < -0.3 is 9.84 Å². The highest BCUT2D eigenvalue weighted by Crippen LogP contribution is 1.93. The number of aliphatic hydroxyl groups is 1. The Kier molecular flexibility index (Phi) is 5.57. The number of aliphatic hydroxyl groups excluding tert-OH is 1.